The third-order valence-electron chi connectivity index (χ3n) is 3.14. The fourth-order valence-corrected chi connectivity index (χ4v) is 2.50. The van der Waals surface area contributed by atoms with E-state index in [0.29, 0.717) is 10.6 Å². The topological polar surface area (TPSA) is 31.9 Å². The lowest BCUT2D eigenvalue weighted by molar-refractivity contribution is 0.844. The van der Waals surface area contributed by atoms with Gasteiger partial charge in [0, 0.05) is 25.3 Å². The Bertz CT molecular complexity index is 612. The van der Waals surface area contributed by atoms with Gasteiger partial charge in [-0.15, -0.1) is 0 Å². The first-order chi connectivity index (χ1) is 9.00. The van der Waals surface area contributed by atoms with Crippen molar-refractivity contribution in [3.63, 3.8) is 0 Å². The molecule has 0 spiro atoms. The van der Waals surface area contributed by atoms with E-state index in [0.717, 1.165) is 16.8 Å². The van der Waals surface area contributed by atoms with Crippen LogP contribution in [0.3, 0.4) is 0 Å². The standard InChI is InChI=1S/C15H19N3S/c1-10(2)13-14(16-9-17-15(13)19)11-5-7-12(8-6-11)18(3)4/h5-10H,1-4H3,(H,16,17,19). The van der Waals surface area contributed by atoms with Crippen LogP contribution in [-0.4, -0.2) is 24.1 Å². The van der Waals surface area contributed by atoms with Crippen molar-refractivity contribution < 1.29 is 0 Å². The number of benzene rings is 1. The summed E-state index contributed by atoms with van der Waals surface area (Å²) in [4.78, 5) is 9.50. The van der Waals surface area contributed by atoms with Crippen molar-refractivity contribution >= 4 is 17.9 Å². The molecule has 0 aliphatic rings. The molecule has 4 heteroatoms. The minimum Gasteiger partial charge on any atom is -0.378 e. The van der Waals surface area contributed by atoms with Crippen LogP contribution in [0, 0.1) is 4.64 Å². The molecule has 0 saturated carbocycles. The van der Waals surface area contributed by atoms with Gasteiger partial charge in [0.25, 0.3) is 0 Å². The summed E-state index contributed by atoms with van der Waals surface area (Å²) in [5.41, 5.74) is 4.50. The van der Waals surface area contributed by atoms with E-state index in [4.69, 9.17) is 12.2 Å². The quantitative estimate of drug-likeness (QED) is 0.858. The Morgan fingerprint density at radius 2 is 1.79 bits per heavy atom. The largest absolute Gasteiger partial charge is 0.378 e. The Labute approximate surface area is 119 Å². The van der Waals surface area contributed by atoms with Crippen molar-refractivity contribution in [1.82, 2.24) is 9.97 Å². The third kappa shape index (κ3) is 2.84. The van der Waals surface area contributed by atoms with Crippen LogP contribution in [0.2, 0.25) is 0 Å². The van der Waals surface area contributed by atoms with Gasteiger partial charge in [0.1, 0.15) is 4.64 Å². The molecule has 2 aromatic rings. The molecule has 19 heavy (non-hydrogen) atoms. The molecular formula is C15H19N3S. The van der Waals surface area contributed by atoms with Gasteiger partial charge in [-0.25, -0.2) is 4.98 Å². The van der Waals surface area contributed by atoms with Crippen molar-refractivity contribution in [2.75, 3.05) is 19.0 Å². The normalized spacial score (nSPS) is 10.8. The summed E-state index contributed by atoms with van der Waals surface area (Å²) >= 11 is 5.34. The average Bonchev–Trinajstić information content (AvgIpc) is 2.38. The van der Waals surface area contributed by atoms with Crippen LogP contribution in [-0.2, 0) is 0 Å². The highest BCUT2D eigenvalue weighted by Crippen LogP contribution is 2.28. The van der Waals surface area contributed by atoms with E-state index in [-0.39, 0.29) is 0 Å². The van der Waals surface area contributed by atoms with E-state index in [2.05, 4.69) is 53.0 Å². The third-order valence-corrected chi connectivity index (χ3v) is 3.47. The number of aromatic nitrogens is 2. The second-order valence-electron chi connectivity index (χ2n) is 5.09. The van der Waals surface area contributed by atoms with Gasteiger partial charge in [0.05, 0.1) is 12.0 Å². The summed E-state index contributed by atoms with van der Waals surface area (Å²) in [6.07, 6.45) is 1.67. The van der Waals surface area contributed by atoms with Gasteiger partial charge in [-0.2, -0.15) is 0 Å². The Morgan fingerprint density at radius 3 is 2.32 bits per heavy atom. The number of aromatic amines is 1. The number of anilines is 1. The monoisotopic (exact) mass is 273 g/mol. The zero-order valence-electron chi connectivity index (χ0n) is 11.8. The summed E-state index contributed by atoms with van der Waals surface area (Å²) in [6, 6.07) is 8.44. The molecule has 1 aromatic carbocycles. The van der Waals surface area contributed by atoms with Crippen LogP contribution in [0.25, 0.3) is 11.3 Å². The molecule has 0 radical (unpaired) electrons. The molecule has 0 fully saturated rings. The van der Waals surface area contributed by atoms with Crippen molar-refractivity contribution in [3.05, 3.63) is 40.8 Å². The number of hydrogen-bond donors (Lipinski definition) is 1. The highest BCUT2D eigenvalue weighted by atomic mass is 32.1. The molecule has 100 valence electrons. The maximum Gasteiger partial charge on any atom is 0.133 e. The molecule has 1 aromatic heterocycles. The van der Waals surface area contributed by atoms with Crippen molar-refractivity contribution in [1.29, 1.82) is 0 Å². The second kappa shape index (κ2) is 5.53. The highest BCUT2D eigenvalue weighted by Gasteiger charge is 2.11. The van der Waals surface area contributed by atoms with Gasteiger partial charge in [0.15, 0.2) is 0 Å². The first kappa shape index (κ1) is 13.7. The molecule has 1 N–H and O–H groups in total. The van der Waals surface area contributed by atoms with Gasteiger partial charge in [-0.05, 0) is 23.6 Å². The van der Waals surface area contributed by atoms with Crippen LogP contribution in [0.5, 0.6) is 0 Å². The van der Waals surface area contributed by atoms with Gasteiger partial charge in [0.2, 0.25) is 0 Å². The lowest BCUT2D eigenvalue weighted by Gasteiger charge is -2.15. The van der Waals surface area contributed by atoms with Crippen LogP contribution < -0.4 is 4.90 Å². The van der Waals surface area contributed by atoms with Crippen LogP contribution >= 0.6 is 12.2 Å². The Balaban J connectivity index is 2.53. The Kier molecular flexibility index (Phi) is 4.00. The van der Waals surface area contributed by atoms with Crippen LogP contribution in [0.1, 0.15) is 25.3 Å². The fourth-order valence-electron chi connectivity index (χ4n) is 2.11. The maximum absolute atomic E-state index is 5.34. The number of hydrogen-bond acceptors (Lipinski definition) is 3. The van der Waals surface area contributed by atoms with Crippen LogP contribution in [0.4, 0.5) is 5.69 Å². The predicted molar refractivity (Wildman–Crippen MR) is 83.3 cm³/mol. The summed E-state index contributed by atoms with van der Waals surface area (Å²) in [6.45, 7) is 4.27. The number of nitrogens with one attached hydrogen (secondary N) is 1. The fraction of sp³-hybridized carbons (Fsp3) is 0.333. The van der Waals surface area contributed by atoms with E-state index in [9.17, 15) is 0 Å². The van der Waals surface area contributed by atoms with E-state index >= 15 is 0 Å². The predicted octanol–water partition coefficient (Wildman–Crippen LogP) is 4.00. The molecule has 0 saturated heterocycles. The van der Waals surface area contributed by atoms with Crippen molar-refractivity contribution in [2.45, 2.75) is 19.8 Å². The summed E-state index contributed by atoms with van der Waals surface area (Å²) in [5.74, 6) is 0.348. The molecule has 3 nitrogen and oxygen atoms in total. The summed E-state index contributed by atoms with van der Waals surface area (Å²) in [5, 5.41) is 0. The first-order valence-electron chi connectivity index (χ1n) is 6.36. The van der Waals surface area contributed by atoms with E-state index in [1.807, 2.05) is 14.1 Å². The van der Waals surface area contributed by atoms with Crippen molar-refractivity contribution in [3.8, 4) is 11.3 Å². The van der Waals surface area contributed by atoms with Crippen LogP contribution in [0.15, 0.2) is 30.6 Å². The number of nitrogens with zero attached hydrogens (tertiary/aromatic N) is 2. The van der Waals surface area contributed by atoms with E-state index in [1.165, 1.54) is 5.69 Å². The first-order valence-corrected chi connectivity index (χ1v) is 6.77. The molecule has 0 aliphatic heterocycles. The SMILES string of the molecule is CC(C)c1c(-c2ccc(N(C)C)cc2)[nH]cnc1=S. The highest BCUT2D eigenvalue weighted by molar-refractivity contribution is 7.71. The number of rotatable bonds is 3. The van der Waals surface area contributed by atoms with Gasteiger partial charge in [-0.3, -0.25) is 0 Å². The second-order valence-corrected chi connectivity index (χ2v) is 5.48. The minimum atomic E-state index is 0.348. The molecular weight excluding hydrogens is 254 g/mol. The van der Waals surface area contributed by atoms with Gasteiger partial charge >= 0.3 is 0 Å². The minimum absolute atomic E-state index is 0.348. The van der Waals surface area contributed by atoms with E-state index < -0.39 is 0 Å². The maximum atomic E-state index is 5.34. The van der Waals surface area contributed by atoms with Gasteiger partial charge < -0.3 is 9.88 Å². The summed E-state index contributed by atoms with van der Waals surface area (Å²) < 4.78 is 0.681. The molecule has 0 amide bonds. The summed E-state index contributed by atoms with van der Waals surface area (Å²) in [7, 11) is 4.07. The molecule has 0 unspecified atom stereocenters. The zero-order chi connectivity index (χ0) is 14.0. The molecule has 0 atom stereocenters. The molecule has 1 heterocycles. The Morgan fingerprint density at radius 1 is 1.16 bits per heavy atom. The van der Waals surface area contributed by atoms with Crippen molar-refractivity contribution in [2.24, 2.45) is 0 Å². The van der Waals surface area contributed by atoms with E-state index in [1.54, 1.807) is 6.33 Å². The Hall–Kier alpha value is -1.68. The molecule has 2 rings (SSSR count). The molecule has 0 aliphatic carbocycles. The lowest BCUT2D eigenvalue weighted by atomic mass is 9.98. The lowest BCUT2D eigenvalue weighted by Crippen LogP contribution is -2.08. The number of H-pyrrole nitrogens is 1. The van der Waals surface area contributed by atoms with Gasteiger partial charge in [-0.1, -0.05) is 38.2 Å². The zero-order valence-corrected chi connectivity index (χ0v) is 12.6. The molecule has 0 bridgehead atoms. The average molecular weight is 273 g/mol. The smallest absolute Gasteiger partial charge is 0.133 e.